The second-order valence-electron chi connectivity index (χ2n) is 8.39. The minimum Gasteiger partial charge on any atom is -0.369 e. The molecule has 0 N–H and O–H groups in total. The number of aryl methyl sites for hydroxylation is 1. The van der Waals surface area contributed by atoms with E-state index in [1.165, 1.54) is 5.56 Å². The number of nitrogens with zero attached hydrogens (tertiary/aromatic N) is 4. The molecule has 1 aromatic heterocycles. The summed E-state index contributed by atoms with van der Waals surface area (Å²) < 4.78 is 28.5. The molecule has 0 spiro atoms. The van der Waals surface area contributed by atoms with Crippen LogP contribution >= 0.6 is 0 Å². The Hall–Kier alpha value is -3.16. The first-order chi connectivity index (χ1) is 16.1. The first kappa shape index (κ1) is 21.7. The van der Waals surface area contributed by atoms with E-state index in [0.717, 1.165) is 43.9 Å². The van der Waals surface area contributed by atoms with Gasteiger partial charge in [0.05, 0.1) is 10.4 Å². The van der Waals surface area contributed by atoms with Crippen molar-refractivity contribution in [2.75, 3.05) is 31.1 Å². The van der Waals surface area contributed by atoms with E-state index in [2.05, 4.69) is 45.2 Å². The monoisotopic (exact) mass is 460 g/mol. The molecule has 4 aromatic rings. The molecule has 0 radical (unpaired) electrons. The summed E-state index contributed by atoms with van der Waals surface area (Å²) in [6.07, 6.45) is 0. The van der Waals surface area contributed by atoms with Crippen molar-refractivity contribution in [1.82, 2.24) is 14.7 Å². The standard InChI is InChI=1S/C26H28N4O2S/c1-2-30-25-14-13-22(29-17-15-28(16-18-29)20-21-9-5-3-6-10-21)19-24(25)26(27-30)33(31,32)23-11-7-4-8-12-23/h3-14,19H,2,15-18,20H2,1H3. The number of aromatic nitrogens is 2. The van der Waals surface area contributed by atoms with Crippen LogP contribution in [0.3, 0.4) is 0 Å². The van der Waals surface area contributed by atoms with E-state index in [1.54, 1.807) is 28.9 Å². The summed E-state index contributed by atoms with van der Waals surface area (Å²) in [4.78, 5) is 5.07. The van der Waals surface area contributed by atoms with E-state index in [9.17, 15) is 8.42 Å². The third kappa shape index (κ3) is 4.26. The summed E-state index contributed by atoms with van der Waals surface area (Å²) in [6, 6.07) is 25.2. The predicted molar refractivity (Wildman–Crippen MR) is 131 cm³/mol. The number of piperazine rings is 1. The molecule has 170 valence electrons. The maximum atomic E-state index is 13.4. The molecule has 0 aliphatic carbocycles. The minimum atomic E-state index is -3.70. The van der Waals surface area contributed by atoms with Gasteiger partial charge in [-0.25, -0.2) is 8.42 Å². The van der Waals surface area contributed by atoms with Gasteiger partial charge in [-0.3, -0.25) is 9.58 Å². The summed E-state index contributed by atoms with van der Waals surface area (Å²) in [5.74, 6) is 0. The molecular formula is C26H28N4O2S. The highest BCUT2D eigenvalue weighted by Crippen LogP contribution is 2.31. The molecule has 3 aromatic carbocycles. The third-order valence-electron chi connectivity index (χ3n) is 6.29. The van der Waals surface area contributed by atoms with Crippen LogP contribution in [0, 0.1) is 0 Å². The van der Waals surface area contributed by atoms with Gasteiger partial charge in [0, 0.05) is 50.3 Å². The maximum absolute atomic E-state index is 13.4. The quantitative estimate of drug-likeness (QED) is 0.431. The van der Waals surface area contributed by atoms with Gasteiger partial charge in [-0.05, 0) is 42.8 Å². The first-order valence-corrected chi connectivity index (χ1v) is 12.9. The summed E-state index contributed by atoms with van der Waals surface area (Å²) in [5, 5.41) is 5.32. The van der Waals surface area contributed by atoms with E-state index in [1.807, 2.05) is 31.2 Å². The minimum absolute atomic E-state index is 0.134. The molecule has 33 heavy (non-hydrogen) atoms. The lowest BCUT2D eigenvalue weighted by Crippen LogP contribution is -2.45. The van der Waals surface area contributed by atoms with Crippen LogP contribution in [0.5, 0.6) is 0 Å². The fraction of sp³-hybridized carbons (Fsp3) is 0.269. The Bertz CT molecular complexity index is 1340. The Kier molecular flexibility index (Phi) is 5.91. The van der Waals surface area contributed by atoms with Crippen LogP contribution in [0.25, 0.3) is 10.9 Å². The molecule has 0 saturated carbocycles. The lowest BCUT2D eigenvalue weighted by molar-refractivity contribution is 0.250. The van der Waals surface area contributed by atoms with E-state index in [-0.39, 0.29) is 9.92 Å². The summed E-state index contributed by atoms with van der Waals surface area (Å²) in [6.45, 7) is 7.29. The number of benzene rings is 3. The Labute approximate surface area is 195 Å². The summed E-state index contributed by atoms with van der Waals surface area (Å²) in [5.41, 5.74) is 3.22. The van der Waals surface area contributed by atoms with Crippen LogP contribution in [0.4, 0.5) is 5.69 Å². The zero-order valence-electron chi connectivity index (χ0n) is 18.8. The molecule has 0 bridgehead atoms. The second-order valence-corrected chi connectivity index (χ2v) is 10.3. The zero-order valence-corrected chi connectivity index (χ0v) is 19.6. The Morgan fingerprint density at radius 1 is 0.848 bits per heavy atom. The van der Waals surface area contributed by atoms with Gasteiger partial charge in [0.25, 0.3) is 0 Å². The molecule has 0 amide bonds. The molecule has 1 aliphatic rings. The molecule has 0 atom stereocenters. The van der Waals surface area contributed by atoms with Crippen molar-refractivity contribution in [1.29, 1.82) is 0 Å². The van der Waals surface area contributed by atoms with Crippen LogP contribution < -0.4 is 4.90 Å². The van der Waals surface area contributed by atoms with Gasteiger partial charge < -0.3 is 4.90 Å². The van der Waals surface area contributed by atoms with Crippen molar-refractivity contribution >= 4 is 26.4 Å². The summed E-state index contributed by atoms with van der Waals surface area (Å²) >= 11 is 0. The van der Waals surface area contributed by atoms with E-state index >= 15 is 0 Å². The SMILES string of the molecule is CCn1nc(S(=O)(=O)c2ccccc2)c2cc(N3CCN(Cc4ccccc4)CC3)ccc21. The van der Waals surface area contributed by atoms with Crippen LogP contribution in [-0.4, -0.2) is 49.3 Å². The van der Waals surface area contributed by atoms with Crippen LogP contribution in [0.15, 0.2) is 88.8 Å². The normalized spacial score (nSPS) is 15.2. The Morgan fingerprint density at radius 3 is 2.18 bits per heavy atom. The average molecular weight is 461 g/mol. The van der Waals surface area contributed by atoms with Crippen LogP contribution in [0.1, 0.15) is 12.5 Å². The number of sulfone groups is 1. The fourth-order valence-electron chi connectivity index (χ4n) is 4.49. The van der Waals surface area contributed by atoms with E-state index in [0.29, 0.717) is 11.9 Å². The van der Waals surface area contributed by atoms with Crippen LogP contribution in [-0.2, 0) is 22.9 Å². The van der Waals surface area contributed by atoms with Crippen molar-refractivity contribution < 1.29 is 8.42 Å². The Morgan fingerprint density at radius 2 is 1.52 bits per heavy atom. The zero-order chi connectivity index (χ0) is 22.8. The van der Waals surface area contributed by atoms with Gasteiger partial charge in [-0.15, -0.1) is 0 Å². The molecule has 6 nitrogen and oxygen atoms in total. The second kappa shape index (κ2) is 9.00. The molecule has 0 unspecified atom stereocenters. The van der Waals surface area contributed by atoms with Gasteiger partial charge in [-0.1, -0.05) is 48.5 Å². The van der Waals surface area contributed by atoms with Crippen molar-refractivity contribution in [2.24, 2.45) is 0 Å². The van der Waals surface area contributed by atoms with Gasteiger partial charge in [0.1, 0.15) is 0 Å². The molecule has 1 saturated heterocycles. The molecule has 1 aliphatic heterocycles. The topological polar surface area (TPSA) is 58.4 Å². The van der Waals surface area contributed by atoms with E-state index < -0.39 is 9.84 Å². The highest BCUT2D eigenvalue weighted by Gasteiger charge is 2.26. The highest BCUT2D eigenvalue weighted by molar-refractivity contribution is 7.91. The highest BCUT2D eigenvalue weighted by atomic mass is 32.2. The third-order valence-corrected chi connectivity index (χ3v) is 8.00. The Balaban J connectivity index is 1.42. The smallest absolute Gasteiger partial charge is 0.226 e. The van der Waals surface area contributed by atoms with E-state index in [4.69, 9.17) is 0 Å². The molecular weight excluding hydrogens is 432 g/mol. The van der Waals surface area contributed by atoms with Gasteiger partial charge in [0.2, 0.25) is 9.84 Å². The summed E-state index contributed by atoms with van der Waals surface area (Å²) in [7, 11) is -3.70. The van der Waals surface area contributed by atoms with Crippen molar-refractivity contribution in [3.05, 3.63) is 84.4 Å². The largest absolute Gasteiger partial charge is 0.369 e. The molecule has 7 heteroatoms. The van der Waals surface area contributed by atoms with Crippen molar-refractivity contribution in [3.8, 4) is 0 Å². The van der Waals surface area contributed by atoms with Gasteiger partial charge >= 0.3 is 0 Å². The lowest BCUT2D eigenvalue weighted by atomic mass is 10.1. The van der Waals surface area contributed by atoms with Gasteiger partial charge in [-0.2, -0.15) is 5.10 Å². The average Bonchev–Trinajstić information content (AvgIpc) is 3.24. The number of hydrogen-bond acceptors (Lipinski definition) is 5. The predicted octanol–water partition coefficient (Wildman–Crippen LogP) is 4.21. The number of hydrogen-bond donors (Lipinski definition) is 0. The van der Waals surface area contributed by atoms with Crippen molar-refractivity contribution in [3.63, 3.8) is 0 Å². The lowest BCUT2D eigenvalue weighted by Gasteiger charge is -2.36. The van der Waals surface area contributed by atoms with Crippen molar-refractivity contribution in [2.45, 2.75) is 29.9 Å². The number of anilines is 1. The fourth-order valence-corrected chi connectivity index (χ4v) is 5.89. The number of fused-ring (bicyclic) bond motifs is 1. The first-order valence-electron chi connectivity index (χ1n) is 11.4. The maximum Gasteiger partial charge on any atom is 0.226 e. The molecule has 5 rings (SSSR count). The van der Waals surface area contributed by atoms with Gasteiger partial charge in [0.15, 0.2) is 5.03 Å². The molecule has 1 fully saturated rings. The molecule has 2 heterocycles. The van der Waals surface area contributed by atoms with Crippen LogP contribution in [0.2, 0.25) is 0 Å². The number of rotatable bonds is 6.